The Balaban J connectivity index is 1.39. The first-order chi connectivity index (χ1) is 11.8. The van der Waals surface area contributed by atoms with Crippen LogP contribution in [-0.4, -0.2) is 26.4 Å². The van der Waals surface area contributed by atoms with Gasteiger partial charge in [0.1, 0.15) is 9.79 Å². The number of thioether (sulfide) groups is 1. The molecule has 120 valence electrons. The first-order valence-electron chi connectivity index (χ1n) is 7.85. The molecule has 1 aromatic heterocycles. The molecule has 0 radical (unpaired) electrons. The van der Waals surface area contributed by atoms with Gasteiger partial charge in [0.05, 0.1) is 11.4 Å². The van der Waals surface area contributed by atoms with Crippen molar-refractivity contribution in [3.05, 3.63) is 60.4 Å². The van der Waals surface area contributed by atoms with Crippen molar-refractivity contribution in [1.82, 2.24) is 4.98 Å². The number of aromatic nitrogens is 1. The molecule has 4 rings (SSSR count). The van der Waals surface area contributed by atoms with E-state index in [1.165, 1.54) is 0 Å². The number of anilines is 1. The molecule has 2 aromatic rings. The van der Waals surface area contributed by atoms with Crippen molar-refractivity contribution in [3.63, 3.8) is 0 Å². The average Bonchev–Trinajstić information content (AvgIpc) is 3.26. The Hall–Kier alpha value is -2.47. The van der Waals surface area contributed by atoms with Gasteiger partial charge in [-0.2, -0.15) is 5.10 Å². The minimum atomic E-state index is -0.399. The summed E-state index contributed by atoms with van der Waals surface area (Å²) in [5.41, 5.74) is 2.53. The minimum absolute atomic E-state index is 0.0488. The number of pyridine rings is 1. The summed E-state index contributed by atoms with van der Waals surface area (Å²) in [7, 11) is 0. The van der Waals surface area contributed by atoms with Crippen LogP contribution in [0.15, 0.2) is 64.9 Å². The van der Waals surface area contributed by atoms with Crippen molar-refractivity contribution in [3.8, 4) is 0 Å². The molecule has 1 N–H and O–H groups in total. The molecular weight excluding hydrogens is 320 g/mol. The molecule has 1 aliphatic carbocycles. The molecule has 1 aromatic carbocycles. The number of nitrogens with one attached hydrogen (secondary N) is 1. The topological polar surface area (TPSA) is 66.7 Å². The normalized spacial score (nSPS) is 17.8. The van der Waals surface area contributed by atoms with Gasteiger partial charge in [0.25, 0.3) is 0 Å². The summed E-state index contributed by atoms with van der Waals surface area (Å²) in [5.74, 6) is 0.0488. The number of carbonyl (C=O) groups excluding carboxylic acids is 1. The molecule has 0 spiro atoms. The zero-order valence-electron chi connectivity index (χ0n) is 13.0. The third-order valence-corrected chi connectivity index (χ3v) is 5.47. The number of amides is 1. The fourth-order valence-corrected chi connectivity index (χ4v) is 3.73. The molecule has 1 amide bonds. The Morgan fingerprint density at radius 2 is 1.83 bits per heavy atom. The lowest BCUT2D eigenvalue weighted by Gasteiger charge is -2.14. The summed E-state index contributed by atoms with van der Waals surface area (Å²) in [4.78, 5) is 16.9. The number of carbonyl (C=O) groups is 1. The van der Waals surface area contributed by atoms with Gasteiger partial charge in [0.15, 0.2) is 0 Å². The van der Waals surface area contributed by atoms with Crippen LogP contribution in [0.1, 0.15) is 25.0 Å². The second-order valence-corrected chi connectivity index (χ2v) is 7.31. The predicted octanol–water partition coefficient (Wildman–Crippen LogP) is 3.49. The average molecular weight is 336 g/mol. The van der Waals surface area contributed by atoms with Crippen LogP contribution in [0.4, 0.5) is 5.69 Å². The molecule has 24 heavy (non-hydrogen) atoms. The van der Waals surface area contributed by atoms with Crippen molar-refractivity contribution in [1.29, 1.82) is 0 Å². The zero-order valence-corrected chi connectivity index (χ0v) is 13.8. The van der Waals surface area contributed by atoms with E-state index < -0.39 is 4.75 Å². The summed E-state index contributed by atoms with van der Waals surface area (Å²) >= 11 is 1.54. The largest absolute Gasteiger partial charge is 0.325 e. The van der Waals surface area contributed by atoms with E-state index in [0.717, 1.165) is 35.0 Å². The van der Waals surface area contributed by atoms with Gasteiger partial charge in [0.2, 0.25) is 5.91 Å². The Morgan fingerprint density at radius 1 is 1.04 bits per heavy atom. The molecule has 0 bridgehead atoms. The molecule has 6 heteroatoms. The smallest absolute Gasteiger partial charge is 0.241 e. The molecule has 5 nitrogen and oxygen atoms in total. The lowest BCUT2D eigenvalue weighted by Crippen LogP contribution is -2.28. The quantitative estimate of drug-likeness (QED) is 0.929. The standard InChI is InChI=1S/C18H16N4OS/c23-17(20-13-6-2-1-3-7-13)18(9-10-18)24-16-12-15(21-22-16)14-8-4-5-11-19-14/h1-8,11H,9-10,12H2,(H,20,23). The minimum Gasteiger partial charge on any atom is -0.325 e. The van der Waals surface area contributed by atoms with E-state index in [1.807, 2.05) is 48.5 Å². The Labute approximate surface area is 144 Å². The van der Waals surface area contributed by atoms with Crippen LogP contribution in [0.5, 0.6) is 0 Å². The van der Waals surface area contributed by atoms with Crippen molar-refractivity contribution in [2.45, 2.75) is 24.0 Å². The maximum Gasteiger partial charge on any atom is 0.241 e. The number of hydrogen-bond donors (Lipinski definition) is 1. The zero-order chi connectivity index (χ0) is 16.4. The highest BCUT2D eigenvalue weighted by atomic mass is 32.2. The summed E-state index contributed by atoms with van der Waals surface area (Å²) in [6.45, 7) is 0. The van der Waals surface area contributed by atoms with Gasteiger partial charge in [0, 0.05) is 18.3 Å². The van der Waals surface area contributed by atoms with Gasteiger partial charge in [-0.05, 0) is 37.1 Å². The highest BCUT2D eigenvalue weighted by molar-refractivity contribution is 8.16. The molecular formula is C18H16N4OS. The second kappa shape index (κ2) is 6.20. The summed E-state index contributed by atoms with van der Waals surface area (Å²) < 4.78 is -0.399. The van der Waals surface area contributed by atoms with Crippen LogP contribution in [0.25, 0.3) is 0 Å². The van der Waals surface area contributed by atoms with Gasteiger partial charge >= 0.3 is 0 Å². The van der Waals surface area contributed by atoms with E-state index >= 15 is 0 Å². The van der Waals surface area contributed by atoms with E-state index in [9.17, 15) is 4.79 Å². The van der Waals surface area contributed by atoms with Gasteiger partial charge in [-0.15, -0.1) is 5.10 Å². The van der Waals surface area contributed by atoms with E-state index in [1.54, 1.807) is 18.0 Å². The highest BCUT2D eigenvalue weighted by Crippen LogP contribution is 2.50. The number of benzene rings is 1. The molecule has 2 aliphatic rings. The van der Waals surface area contributed by atoms with E-state index in [2.05, 4.69) is 20.5 Å². The number of nitrogens with zero attached hydrogens (tertiary/aromatic N) is 3. The third kappa shape index (κ3) is 3.10. The van der Waals surface area contributed by atoms with Crippen LogP contribution >= 0.6 is 11.8 Å². The summed E-state index contributed by atoms with van der Waals surface area (Å²) in [6.07, 6.45) is 4.13. The van der Waals surface area contributed by atoms with Crippen LogP contribution in [-0.2, 0) is 4.79 Å². The summed E-state index contributed by atoms with van der Waals surface area (Å²) in [6, 6.07) is 15.3. The molecule has 1 saturated carbocycles. The molecule has 1 fully saturated rings. The van der Waals surface area contributed by atoms with E-state index in [0.29, 0.717) is 6.42 Å². The number of rotatable bonds is 4. The molecule has 1 aliphatic heterocycles. The van der Waals surface area contributed by atoms with Crippen LogP contribution < -0.4 is 5.32 Å². The van der Waals surface area contributed by atoms with Gasteiger partial charge in [-0.1, -0.05) is 36.0 Å². The van der Waals surface area contributed by atoms with Crippen molar-refractivity contribution in [2.75, 3.05) is 5.32 Å². The van der Waals surface area contributed by atoms with Crippen LogP contribution in [0.3, 0.4) is 0 Å². The van der Waals surface area contributed by atoms with E-state index in [-0.39, 0.29) is 5.91 Å². The fraction of sp³-hybridized carbons (Fsp3) is 0.222. The Morgan fingerprint density at radius 3 is 2.54 bits per heavy atom. The maximum atomic E-state index is 12.6. The predicted molar refractivity (Wildman–Crippen MR) is 97.5 cm³/mol. The summed E-state index contributed by atoms with van der Waals surface area (Å²) in [5, 5.41) is 12.4. The van der Waals surface area contributed by atoms with Crippen molar-refractivity contribution in [2.24, 2.45) is 10.2 Å². The first kappa shape index (κ1) is 15.1. The van der Waals surface area contributed by atoms with Gasteiger partial charge < -0.3 is 5.32 Å². The SMILES string of the molecule is O=C(Nc1ccccc1)C1(SC2=NN=C(c3ccccn3)C2)CC1. The molecule has 0 saturated heterocycles. The Kier molecular flexibility index (Phi) is 3.90. The van der Waals surface area contributed by atoms with Crippen LogP contribution in [0, 0.1) is 0 Å². The number of hydrogen-bond acceptors (Lipinski definition) is 5. The lowest BCUT2D eigenvalue weighted by molar-refractivity contribution is -0.116. The monoisotopic (exact) mass is 336 g/mol. The van der Waals surface area contributed by atoms with Crippen molar-refractivity contribution >= 4 is 34.1 Å². The molecule has 0 unspecified atom stereocenters. The van der Waals surface area contributed by atoms with Gasteiger partial charge in [-0.3, -0.25) is 9.78 Å². The fourth-order valence-electron chi connectivity index (χ4n) is 2.54. The maximum absolute atomic E-state index is 12.6. The Bertz CT molecular complexity index is 813. The van der Waals surface area contributed by atoms with Gasteiger partial charge in [-0.25, -0.2) is 0 Å². The first-order valence-corrected chi connectivity index (χ1v) is 8.67. The lowest BCUT2D eigenvalue weighted by atomic mass is 10.2. The van der Waals surface area contributed by atoms with Crippen LogP contribution in [0.2, 0.25) is 0 Å². The van der Waals surface area contributed by atoms with E-state index in [4.69, 9.17) is 0 Å². The number of para-hydroxylation sites is 1. The van der Waals surface area contributed by atoms with Crippen molar-refractivity contribution < 1.29 is 4.79 Å². The highest BCUT2D eigenvalue weighted by Gasteiger charge is 2.52. The molecule has 0 atom stereocenters. The second-order valence-electron chi connectivity index (χ2n) is 5.85. The molecule has 2 heterocycles. The third-order valence-electron chi connectivity index (χ3n) is 4.02.